The van der Waals surface area contributed by atoms with E-state index >= 15 is 0 Å². The van der Waals surface area contributed by atoms with Crippen LogP contribution in [0.2, 0.25) is 0 Å². The lowest BCUT2D eigenvalue weighted by Gasteiger charge is -2.18. The number of hydrogen-bond acceptors (Lipinski definition) is 3. The number of phenols is 1. The number of nitrogens with zero attached hydrogens (tertiary/aromatic N) is 4. The average Bonchev–Trinajstić information content (AvgIpc) is 3.26. The molecular weight excluding hydrogens is 348 g/mol. The third-order valence-corrected chi connectivity index (χ3v) is 4.95. The molecule has 2 aromatic heterocycles. The van der Waals surface area contributed by atoms with E-state index in [0.717, 1.165) is 40.4 Å². The van der Waals surface area contributed by atoms with Crippen molar-refractivity contribution in [2.75, 3.05) is 0 Å². The Hall–Kier alpha value is -3.34. The van der Waals surface area contributed by atoms with Gasteiger partial charge in [-0.3, -0.25) is 4.68 Å². The molecule has 0 fully saturated rings. The van der Waals surface area contributed by atoms with E-state index in [1.54, 1.807) is 12.1 Å². The van der Waals surface area contributed by atoms with Crippen molar-refractivity contribution in [2.45, 2.75) is 33.4 Å². The van der Waals surface area contributed by atoms with E-state index in [9.17, 15) is 5.11 Å². The maximum absolute atomic E-state index is 9.70. The summed E-state index contributed by atoms with van der Waals surface area (Å²) in [6, 6.07) is 19.8. The maximum atomic E-state index is 9.70. The summed E-state index contributed by atoms with van der Waals surface area (Å²) in [5, 5.41) is 14.3. The molecule has 0 amide bonds. The molecule has 1 unspecified atom stereocenters. The fraction of sp³-hybridized carbons (Fsp3) is 0.217. The highest BCUT2D eigenvalue weighted by atomic mass is 16.3. The summed E-state index contributed by atoms with van der Waals surface area (Å²) < 4.78 is 4.24. The molecule has 4 aromatic rings. The average molecular weight is 372 g/mol. The van der Waals surface area contributed by atoms with Gasteiger partial charge in [0, 0.05) is 23.4 Å². The Bertz CT molecular complexity index is 1080. The summed E-state index contributed by atoms with van der Waals surface area (Å²) in [5.74, 6) is 0.257. The largest absolute Gasteiger partial charge is 0.508 e. The third kappa shape index (κ3) is 3.43. The van der Waals surface area contributed by atoms with E-state index in [4.69, 9.17) is 4.98 Å². The van der Waals surface area contributed by atoms with Crippen LogP contribution in [-0.4, -0.2) is 24.4 Å². The summed E-state index contributed by atoms with van der Waals surface area (Å²) in [4.78, 5) is 4.73. The first kappa shape index (κ1) is 18.0. The fourth-order valence-electron chi connectivity index (χ4n) is 3.70. The van der Waals surface area contributed by atoms with Gasteiger partial charge >= 0.3 is 0 Å². The second kappa shape index (κ2) is 7.35. The maximum Gasteiger partial charge on any atom is 0.115 e. The van der Waals surface area contributed by atoms with Gasteiger partial charge in [0.15, 0.2) is 0 Å². The molecule has 2 aromatic carbocycles. The minimum Gasteiger partial charge on any atom is -0.508 e. The first-order chi connectivity index (χ1) is 13.5. The van der Waals surface area contributed by atoms with Crippen molar-refractivity contribution in [1.82, 2.24) is 19.3 Å². The Morgan fingerprint density at radius 2 is 1.68 bits per heavy atom. The second-order valence-electron chi connectivity index (χ2n) is 7.23. The van der Waals surface area contributed by atoms with Crippen molar-refractivity contribution >= 4 is 0 Å². The van der Waals surface area contributed by atoms with Gasteiger partial charge in [0.25, 0.3) is 0 Å². The molecular formula is C23H24N4O. The van der Waals surface area contributed by atoms with Gasteiger partial charge in [-0.05, 0) is 51.1 Å². The van der Waals surface area contributed by atoms with Crippen LogP contribution in [-0.2, 0) is 6.54 Å². The van der Waals surface area contributed by atoms with Crippen LogP contribution < -0.4 is 0 Å². The quantitative estimate of drug-likeness (QED) is 0.536. The number of aromatic hydroxyl groups is 1. The van der Waals surface area contributed by atoms with Crippen molar-refractivity contribution < 1.29 is 5.11 Å². The van der Waals surface area contributed by atoms with Crippen LogP contribution in [0.5, 0.6) is 5.75 Å². The van der Waals surface area contributed by atoms with Crippen molar-refractivity contribution in [1.29, 1.82) is 0 Å². The SMILES string of the molecule is Cc1cc(C)n(C(C)Cn2cnc(-c3ccccc3)c2-c2ccc(O)cc2)n1. The van der Waals surface area contributed by atoms with Gasteiger partial charge in [0.2, 0.25) is 0 Å². The summed E-state index contributed by atoms with van der Waals surface area (Å²) in [6.45, 7) is 7.02. The third-order valence-electron chi connectivity index (χ3n) is 4.95. The molecule has 0 aliphatic heterocycles. The van der Waals surface area contributed by atoms with Crippen molar-refractivity contribution in [3.63, 3.8) is 0 Å². The Labute approximate surface area is 164 Å². The Morgan fingerprint density at radius 1 is 0.964 bits per heavy atom. The minimum atomic E-state index is 0.183. The number of aromatic nitrogens is 4. The van der Waals surface area contributed by atoms with Crippen LogP contribution >= 0.6 is 0 Å². The van der Waals surface area contributed by atoms with Crippen LogP contribution in [0.15, 0.2) is 67.0 Å². The molecule has 5 heteroatoms. The first-order valence-electron chi connectivity index (χ1n) is 9.45. The molecule has 5 nitrogen and oxygen atoms in total. The molecule has 142 valence electrons. The van der Waals surface area contributed by atoms with Gasteiger partial charge in [-0.15, -0.1) is 0 Å². The Morgan fingerprint density at radius 3 is 2.32 bits per heavy atom. The molecule has 0 saturated heterocycles. The smallest absolute Gasteiger partial charge is 0.115 e. The van der Waals surface area contributed by atoms with Crippen LogP contribution in [0.3, 0.4) is 0 Å². The van der Waals surface area contributed by atoms with E-state index in [1.165, 1.54) is 0 Å². The summed E-state index contributed by atoms with van der Waals surface area (Å²) in [7, 11) is 0. The van der Waals surface area contributed by atoms with E-state index in [-0.39, 0.29) is 11.8 Å². The molecule has 0 radical (unpaired) electrons. The van der Waals surface area contributed by atoms with Gasteiger partial charge in [-0.2, -0.15) is 5.10 Å². The zero-order chi connectivity index (χ0) is 19.7. The highest BCUT2D eigenvalue weighted by molar-refractivity contribution is 5.78. The van der Waals surface area contributed by atoms with Crippen molar-refractivity contribution in [2.24, 2.45) is 0 Å². The lowest BCUT2D eigenvalue weighted by atomic mass is 10.0. The molecule has 28 heavy (non-hydrogen) atoms. The van der Waals surface area contributed by atoms with E-state index in [1.807, 2.05) is 43.6 Å². The lowest BCUT2D eigenvalue weighted by molar-refractivity contribution is 0.418. The lowest BCUT2D eigenvalue weighted by Crippen LogP contribution is -2.16. The van der Waals surface area contributed by atoms with Crippen LogP contribution in [0.4, 0.5) is 0 Å². The normalized spacial score (nSPS) is 12.2. The van der Waals surface area contributed by atoms with Crippen LogP contribution in [0, 0.1) is 13.8 Å². The van der Waals surface area contributed by atoms with Crippen molar-refractivity contribution in [3.8, 4) is 28.3 Å². The number of imidazole rings is 1. The van der Waals surface area contributed by atoms with Gasteiger partial charge < -0.3 is 9.67 Å². The van der Waals surface area contributed by atoms with Gasteiger partial charge in [0.1, 0.15) is 5.75 Å². The van der Waals surface area contributed by atoms with E-state index in [2.05, 4.69) is 46.4 Å². The second-order valence-corrected chi connectivity index (χ2v) is 7.23. The molecule has 0 bridgehead atoms. The predicted molar refractivity (Wildman–Crippen MR) is 111 cm³/mol. The summed E-state index contributed by atoms with van der Waals surface area (Å²) >= 11 is 0. The molecule has 1 atom stereocenters. The molecule has 1 N–H and O–H groups in total. The zero-order valence-corrected chi connectivity index (χ0v) is 16.4. The zero-order valence-electron chi connectivity index (χ0n) is 16.4. The van der Waals surface area contributed by atoms with Crippen LogP contribution in [0.25, 0.3) is 22.5 Å². The Kier molecular flexibility index (Phi) is 4.74. The monoisotopic (exact) mass is 372 g/mol. The fourth-order valence-corrected chi connectivity index (χ4v) is 3.70. The topological polar surface area (TPSA) is 55.9 Å². The number of aryl methyl sites for hydroxylation is 2. The van der Waals surface area contributed by atoms with Gasteiger partial charge in [0.05, 0.1) is 29.5 Å². The molecule has 0 saturated carbocycles. The molecule has 0 aliphatic carbocycles. The first-order valence-corrected chi connectivity index (χ1v) is 9.45. The number of rotatable bonds is 5. The highest BCUT2D eigenvalue weighted by Gasteiger charge is 2.18. The van der Waals surface area contributed by atoms with Gasteiger partial charge in [-0.1, -0.05) is 30.3 Å². The molecule has 4 rings (SSSR count). The predicted octanol–water partition coefficient (Wildman–Crippen LogP) is 5.00. The van der Waals surface area contributed by atoms with E-state index < -0.39 is 0 Å². The highest BCUT2D eigenvalue weighted by Crippen LogP contribution is 2.33. The molecule has 0 aliphatic rings. The van der Waals surface area contributed by atoms with Crippen molar-refractivity contribution in [3.05, 3.63) is 78.4 Å². The number of hydrogen-bond donors (Lipinski definition) is 1. The van der Waals surface area contributed by atoms with Gasteiger partial charge in [-0.25, -0.2) is 4.98 Å². The minimum absolute atomic E-state index is 0.183. The molecule has 2 heterocycles. The van der Waals surface area contributed by atoms with E-state index in [0.29, 0.717) is 0 Å². The number of benzene rings is 2. The van der Waals surface area contributed by atoms with Crippen LogP contribution in [0.1, 0.15) is 24.4 Å². The number of phenolic OH excluding ortho intramolecular Hbond substituents is 1. The Balaban J connectivity index is 1.78. The standard InChI is InChI=1S/C23H24N4O/c1-16-13-17(2)27(25-16)18(3)14-26-15-24-22(19-7-5-4-6-8-19)23(26)20-9-11-21(28)12-10-20/h4-13,15,18,28H,14H2,1-3H3. The molecule has 0 spiro atoms. The summed E-state index contributed by atoms with van der Waals surface area (Å²) in [5.41, 5.74) is 6.25. The summed E-state index contributed by atoms with van der Waals surface area (Å²) in [6.07, 6.45) is 1.90.